The topological polar surface area (TPSA) is 50.2 Å². The van der Waals surface area contributed by atoms with Gasteiger partial charge in [-0.15, -0.1) is 0 Å². The Hall–Kier alpha value is -3.86. The van der Waals surface area contributed by atoms with Crippen LogP contribution in [0.5, 0.6) is 0 Å². The molecule has 1 N–H and O–H groups in total. The molecule has 5 nitrogen and oxygen atoms in total. The van der Waals surface area contributed by atoms with Gasteiger partial charge in [-0.3, -0.25) is 9.48 Å². The summed E-state index contributed by atoms with van der Waals surface area (Å²) in [7, 11) is 0. The van der Waals surface area contributed by atoms with Crippen LogP contribution in [-0.2, 0) is 6.54 Å². The van der Waals surface area contributed by atoms with Crippen molar-refractivity contribution >= 4 is 11.6 Å². The summed E-state index contributed by atoms with van der Waals surface area (Å²) in [6.45, 7) is 2.76. The summed E-state index contributed by atoms with van der Waals surface area (Å²) < 4.78 is 1.92. The summed E-state index contributed by atoms with van der Waals surface area (Å²) in [6, 6.07) is 28.0. The van der Waals surface area contributed by atoms with Crippen LogP contribution in [0.2, 0.25) is 0 Å². The van der Waals surface area contributed by atoms with Gasteiger partial charge in [0.05, 0.1) is 24.3 Å². The number of amides is 1. The Bertz CT molecular complexity index is 1190. The van der Waals surface area contributed by atoms with Crippen molar-refractivity contribution in [3.63, 3.8) is 0 Å². The lowest BCUT2D eigenvalue weighted by atomic mass is 10.00. The summed E-state index contributed by atoms with van der Waals surface area (Å²) in [5, 5.41) is 8.15. The van der Waals surface area contributed by atoms with Crippen LogP contribution in [0.3, 0.4) is 0 Å². The van der Waals surface area contributed by atoms with E-state index in [0.29, 0.717) is 12.1 Å². The van der Waals surface area contributed by atoms with Gasteiger partial charge in [0.25, 0.3) is 5.91 Å². The Morgan fingerprint density at radius 1 is 0.935 bits per heavy atom. The van der Waals surface area contributed by atoms with Crippen molar-refractivity contribution < 1.29 is 4.79 Å². The highest BCUT2D eigenvalue weighted by Gasteiger charge is 2.36. The van der Waals surface area contributed by atoms with Gasteiger partial charge in [-0.05, 0) is 30.2 Å². The SMILES string of the molecule is CC(c1ccccc1)N1C(=O)c2ccccc2NC1c1cnn(Cc2ccccc2)c1. The fourth-order valence-electron chi connectivity index (χ4n) is 4.18. The number of benzene rings is 3. The van der Waals surface area contributed by atoms with Gasteiger partial charge < -0.3 is 10.2 Å². The van der Waals surface area contributed by atoms with Gasteiger partial charge in [0, 0.05) is 17.4 Å². The lowest BCUT2D eigenvalue weighted by molar-refractivity contribution is 0.0596. The zero-order chi connectivity index (χ0) is 21.2. The van der Waals surface area contributed by atoms with Crippen LogP contribution in [-0.4, -0.2) is 20.6 Å². The maximum atomic E-state index is 13.6. The Kier molecular flexibility index (Phi) is 5.00. The molecule has 31 heavy (non-hydrogen) atoms. The number of hydrogen-bond donors (Lipinski definition) is 1. The number of hydrogen-bond acceptors (Lipinski definition) is 3. The highest BCUT2D eigenvalue weighted by molar-refractivity contribution is 6.02. The first-order valence-corrected chi connectivity index (χ1v) is 10.5. The molecule has 0 bridgehead atoms. The second kappa shape index (κ2) is 8.11. The molecule has 0 saturated heterocycles. The van der Waals surface area contributed by atoms with Crippen molar-refractivity contribution in [2.75, 3.05) is 5.32 Å². The average molecular weight is 409 g/mol. The highest BCUT2D eigenvalue weighted by atomic mass is 16.2. The molecule has 154 valence electrons. The second-order valence-corrected chi connectivity index (χ2v) is 7.85. The fraction of sp³-hybridized carbons (Fsp3) is 0.154. The average Bonchev–Trinajstić information content (AvgIpc) is 3.28. The molecule has 1 aliphatic rings. The first kappa shape index (κ1) is 19.1. The Morgan fingerprint density at radius 2 is 1.61 bits per heavy atom. The molecule has 0 fully saturated rings. The minimum absolute atomic E-state index is 0.0199. The number of aromatic nitrogens is 2. The van der Waals surface area contributed by atoms with E-state index >= 15 is 0 Å². The zero-order valence-corrected chi connectivity index (χ0v) is 17.3. The zero-order valence-electron chi connectivity index (χ0n) is 17.3. The van der Waals surface area contributed by atoms with Gasteiger partial charge in [-0.1, -0.05) is 72.8 Å². The molecular formula is C26H24N4O. The molecule has 2 heterocycles. The number of nitrogens with zero attached hydrogens (tertiary/aromatic N) is 3. The van der Waals surface area contributed by atoms with Crippen LogP contribution < -0.4 is 5.32 Å². The van der Waals surface area contributed by atoms with Gasteiger partial charge in [-0.2, -0.15) is 5.10 Å². The van der Waals surface area contributed by atoms with Crippen LogP contribution >= 0.6 is 0 Å². The quantitative estimate of drug-likeness (QED) is 0.490. The fourth-order valence-corrected chi connectivity index (χ4v) is 4.18. The first-order valence-electron chi connectivity index (χ1n) is 10.5. The molecule has 2 atom stereocenters. The summed E-state index contributed by atoms with van der Waals surface area (Å²) in [4.78, 5) is 15.5. The summed E-state index contributed by atoms with van der Waals surface area (Å²) in [5.74, 6) is 0.0199. The van der Waals surface area contributed by atoms with Crippen molar-refractivity contribution in [2.45, 2.75) is 25.7 Å². The highest BCUT2D eigenvalue weighted by Crippen LogP contribution is 2.38. The summed E-state index contributed by atoms with van der Waals surface area (Å²) in [6.07, 6.45) is 3.57. The van der Waals surface area contributed by atoms with Crippen molar-refractivity contribution in [2.24, 2.45) is 0 Å². The van der Waals surface area contributed by atoms with Gasteiger partial charge in [-0.25, -0.2) is 0 Å². The summed E-state index contributed by atoms with van der Waals surface area (Å²) in [5.41, 5.74) is 4.79. The van der Waals surface area contributed by atoms with E-state index in [0.717, 1.165) is 16.8 Å². The van der Waals surface area contributed by atoms with Crippen LogP contribution in [0.1, 0.15) is 46.2 Å². The molecule has 5 heteroatoms. The number of fused-ring (bicyclic) bond motifs is 1. The second-order valence-electron chi connectivity index (χ2n) is 7.85. The van der Waals surface area contributed by atoms with Crippen LogP contribution in [0.4, 0.5) is 5.69 Å². The minimum atomic E-state index is -0.304. The number of carbonyl (C=O) groups is 1. The third-order valence-corrected chi connectivity index (χ3v) is 5.82. The number of carbonyl (C=O) groups excluding carboxylic acids is 1. The van der Waals surface area contributed by atoms with Crippen molar-refractivity contribution in [3.05, 3.63) is 120 Å². The predicted molar refractivity (Wildman–Crippen MR) is 122 cm³/mol. The van der Waals surface area contributed by atoms with Gasteiger partial charge in [0.2, 0.25) is 0 Å². The summed E-state index contributed by atoms with van der Waals surface area (Å²) >= 11 is 0. The molecule has 1 aliphatic heterocycles. The van der Waals surface area contributed by atoms with Crippen LogP contribution in [0.25, 0.3) is 0 Å². The van der Waals surface area contributed by atoms with E-state index in [9.17, 15) is 4.79 Å². The van der Waals surface area contributed by atoms with E-state index in [1.165, 1.54) is 5.56 Å². The Labute approximate surface area is 182 Å². The van der Waals surface area contributed by atoms with Gasteiger partial charge in [0.1, 0.15) is 6.17 Å². The smallest absolute Gasteiger partial charge is 0.258 e. The molecule has 2 unspecified atom stereocenters. The molecule has 5 rings (SSSR count). The van der Waals surface area contributed by atoms with Crippen molar-refractivity contribution in [3.8, 4) is 0 Å². The van der Waals surface area contributed by atoms with Gasteiger partial charge in [0.15, 0.2) is 0 Å². The Balaban J connectivity index is 1.51. The van der Waals surface area contributed by atoms with E-state index in [1.807, 2.05) is 82.6 Å². The van der Waals surface area contributed by atoms with E-state index in [1.54, 1.807) is 0 Å². The maximum Gasteiger partial charge on any atom is 0.258 e. The van der Waals surface area contributed by atoms with E-state index < -0.39 is 0 Å². The molecule has 0 radical (unpaired) electrons. The van der Waals surface area contributed by atoms with Gasteiger partial charge >= 0.3 is 0 Å². The maximum absolute atomic E-state index is 13.6. The molecule has 0 saturated carbocycles. The third-order valence-electron chi connectivity index (χ3n) is 5.82. The Morgan fingerprint density at radius 3 is 2.39 bits per heavy atom. The molecule has 0 spiro atoms. The van der Waals surface area contributed by atoms with Crippen LogP contribution in [0.15, 0.2) is 97.3 Å². The molecule has 3 aromatic carbocycles. The largest absolute Gasteiger partial charge is 0.361 e. The lowest BCUT2D eigenvalue weighted by Gasteiger charge is -2.41. The standard InChI is InChI=1S/C26H24N4O/c1-19(21-12-6-3-7-13-21)30-25(28-24-15-9-8-14-23(24)26(30)31)22-16-27-29(18-22)17-20-10-4-2-5-11-20/h2-16,18-19,25,28H,17H2,1H3. The molecule has 1 amide bonds. The molecule has 4 aromatic rings. The van der Waals surface area contributed by atoms with E-state index in [-0.39, 0.29) is 18.1 Å². The molecule has 0 aliphatic carbocycles. The van der Waals surface area contributed by atoms with E-state index in [2.05, 4.69) is 41.6 Å². The normalized spacial score (nSPS) is 16.5. The molecule has 1 aromatic heterocycles. The number of rotatable bonds is 5. The number of anilines is 1. The monoisotopic (exact) mass is 408 g/mol. The van der Waals surface area contributed by atoms with E-state index in [4.69, 9.17) is 0 Å². The number of para-hydroxylation sites is 1. The number of nitrogens with one attached hydrogen (secondary N) is 1. The molecular weight excluding hydrogens is 384 g/mol. The minimum Gasteiger partial charge on any atom is -0.361 e. The third kappa shape index (κ3) is 3.70. The van der Waals surface area contributed by atoms with Crippen molar-refractivity contribution in [1.82, 2.24) is 14.7 Å². The lowest BCUT2D eigenvalue weighted by Crippen LogP contribution is -2.44. The van der Waals surface area contributed by atoms with Crippen molar-refractivity contribution in [1.29, 1.82) is 0 Å². The first-order chi connectivity index (χ1) is 15.2. The predicted octanol–water partition coefficient (Wildman–Crippen LogP) is 5.26. The van der Waals surface area contributed by atoms with Crippen LogP contribution in [0, 0.1) is 0 Å².